The van der Waals surface area contributed by atoms with Crippen LogP contribution in [0.2, 0.25) is 0 Å². The quantitative estimate of drug-likeness (QED) is 0.670. The molecule has 1 aliphatic heterocycles. The number of carbonyl (C=O) groups is 1. The summed E-state index contributed by atoms with van der Waals surface area (Å²) in [6.07, 6.45) is 3.34. The maximum absolute atomic E-state index is 11.6. The first-order valence-electron chi connectivity index (χ1n) is 9.82. The number of amides is 1. The van der Waals surface area contributed by atoms with Crippen molar-refractivity contribution in [1.29, 1.82) is 0 Å². The molecule has 1 saturated heterocycles. The van der Waals surface area contributed by atoms with Crippen molar-refractivity contribution in [3.63, 3.8) is 0 Å². The zero-order valence-electron chi connectivity index (χ0n) is 17.7. The summed E-state index contributed by atoms with van der Waals surface area (Å²) in [6, 6.07) is 4.35. The Morgan fingerprint density at radius 2 is 1.86 bits per heavy atom. The number of hydrogen-bond acceptors (Lipinski definition) is 6. The van der Waals surface area contributed by atoms with Gasteiger partial charge in [-0.1, -0.05) is 0 Å². The maximum Gasteiger partial charge on any atom is 0.220 e. The van der Waals surface area contributed by atoms with Crippen molar-refractivity contribution in [1.82, 2.24) is 20.4 Å². The lowest BCUT2D eigenvalue weighted by Crippen LogP contribution is -2.41. The second-order valence-electron chi connectivity index (χ2n) is 7.51. The third kappa shape index (κ3) is 4.64. The normalized spacial score (nSPS) is 16.4. The van der Waals surface area contributed by atoms with Crippen LogP contribution in [0.15, 0.2) is 18.3 Å². The standard InChI is InChI=1S/C21H30N4O4/c1-13(2)25(12-16-6-7-19(26)23-16)11-15-10-22-24-20(15)14-8-17(27-3)21(29-5)18(9-14)28-4/h8-10,13,16H,6-7,11-12H2,1-5H3,(H,22,24)(H,23,26)/t16-/m1/s1. The molecule has 0 unspecified atom stereocenters. The molecule has 3 rings (SSSR count). The van der Waals surface area contributed by atoms with Crippen molar-refractivity contribution in [3.8, 4) is 28.5 Å². The van der Waals surface area contributed by atoms with Crippen LogP contribution in [0.3, 0.4) is 0 Å². The second-order valence-corrected chi connectivity index (χ2v) is 7.51. The molecule has 1 aromatic heterocycles. The summed E-state index contributed by atoms with van der Waals surface area (Å²) in [7, 11) is 4.79. The van der Waals surface area contributed by atoms with Gasteiger partial charge in [0.2, 0.25) is 11.7 Å². The molecular weight excluding hydrogens is 372 g/mol. The molecule has 2 N–H and O–H groups in total. The fraction of sp³-hybridized carbons (Fsp3) is 0.524. The van der Waals surface area contributed by atoms with Gasteiger partial charge in [-0.05, 0) is 32.4 Å². The number of aromatic nitrogens is 2. The van der Waals surface area contributed by atoms with E-state index in [1.54, 1.807) is 21.3 Å². The van der Waals surface area contributed by atoms with Gasteiger partial charge in [-0.2, -0.15) is 5.10 Å². The first-order valence-corrected chi connectivity index (χ1v) is 9.82. The van der Waals surface area contributed by atoms with E-state index >= 15 is 0 Å². The molecular formula is C21H30N4O4. The number of hydrogen-bond donors (Lipinski definition) is 2. The van der Waals surface area contributed by atoms with Gasteiger partial charge in [0.1, 0.15) is 0 Å². The summed E-state index contributed by atoms with van der Waals surface area (Å²) in [6.45, 7) is 5.85. The van der Waals surface area contributed by atoms with Gasteiger partial charge in [0.05, 0.1) is 33.2 Å². The summed E-state index contributed by atoms with van der Waals surface area (Å²) in [5.74, 6) is 1.88. The molecule has 8 heteroatoms. The summed E-state index contributed by atoms with van der Waals surface area (Å²) >= 11 is 0. The molecule has 0 radical (unpaired) electrons. The lowest BCUT2D eigenvalue weighted by molar-refractivity contribution is -0.119. The van der Waals surface area contributed by atoms with Crippen molar-refractivity contribution in [2.24, 2.45) is 0 Å². The number of carbonyl (C=O) groups excluding carboxylic acids is 1. The minimum absolute atomic E-state index is 0.139. The topological polar surface area (TPSA) is 88.7 Å². The van der Waals surface area contributed by atoms with E-state index in [0.29, 0.717) is 36.3 Å². The molecule has 1 amide bonds. The van der Waals surface area contributed by atoms with E-state index in [1.807, 2.05) is 18.3 Å². The number of aromatic amines is 1. The van der Waals surface area contributed by atoms with Crippen LogP contribution in [0.25, 0.3) is 11.3 Å². The number of nitrogens with one attached hydrogen (secondary N) is 2. The smallest absolute Gasteiger partial charge is 0.220 e. The van der Waals surface area contributed by atoms with Crippen LogP contribution in [0.5, 0.6) is 17.2 Å². The Kier molecular flexibility index (Phi) is 6.64. The van der Waals surface area contributed by atoms with E-state index in [-0.39, 0.29) is 11.9 Å². The molecule has 29 heavy (non-hydrogen) atoms. The fourth-order valence-corrected chi connectivity index (χ4v) is 3.68. The van der Waals surface area contributed by atoms with Crippen LogP contribution in [-0.4, -0.2) is 61.0 Å². The van der Waals surface area contributed by atoms with Crippen molar-refractivity contribution in [2.45, 2.75) is 45.3 Å². The van der Waals surface area contributed by atoms with Crippen LogP contribution >= 0.6 is 0 Å². The van der Waals surface area contributed by atoms with Crippen LogP contribution in [0.1, 0.15) is 32.3 Å². The molecule has 1 atom stereocenters. The van der Waals surface area contributed by atoms with Crippen molar-refractivity contribution >= 4 is 5.91 Å². The van der Waals surface area contributed by atoms with Gasteiger partial charge in [0, 0.05) is 42.7 Å². The first-order chi connectivity index (χ1) is 14.0. The summed E-state index contributed by atoms with van der Waals surface area (Å²) < 4.78 is 16.4. The molecule has 1 fully saturated rings. The Hall–Kier alpha value is -2.74. The van der Waals surface area contributed by atoms with Gasteiger partial charge in [-0.15, -0.1) is 0 Å². The van der Waals surface area contributed by atoms with Gasteiger partial charge in [-0.25, -0.2) is 0 Å². The van der Waals surface area contributed by atoms with Gasteiger partial charge in [-0.3, -0.25) is 14.8 Å². The van der Waals surface area contributed by atoms with Crippen molar-refractivity contribution < 1.29 is 19.0 Å². The molecule has 158 valence electrons. The average Bonchev–Trinajstić information content (AvgIpc) is 3.34. The highest BCUT2D eigenvalue weighted by Crippen LogP contribution is 2.41. The molecule has 2 heterocycles. The van der Waals surface area contributed by atoms with Gasteiger partial charge in [0.25, 0.3) is 0 Å². The minimum atomic E-state index is 0.139. The number of nitrogens with zero attached hydrogens (tertiary/aromatic N) is 2. The van der Waals surface area contributed by atoms with Crippen molar-refractivity contribution in [3.05, 3.63) is 23.9 Å². The third-order valence-corrected chi connectivity index (χ3v) is 5.31. The Morgan fingerprint density at radius 1 is 1.17 bits per heavy atom. The average molecular weight is 402 g/mol. The number of ether oxygens (including phenoxy) is 3. The van der Waals surface area contributed by atoms with Gasteiger partial charge >= 0.3 is 0 Å². The van der Waals surface area contributed by atoms with Gasteiger partial charge < -0.3 is 19.5 Å². The zero-order chi connectivity index (χ0) is 21.0. The fourth-order valence-electron chi connectivity index (χ4n) is 3.68. The van der Waals surface area contributed by atoms with E-state index in [1.165, 1.54) is 0 Å². The third-order valence-electron chi connectivity index (χ3n) is 5.31. The largest absolute Gasteiger partial charge is 0.493 e. The second kappa shape index (κ2) is 9.17. The highest BCUT2D eigenvalue weighted by atomic mass is 16.5. The van der Waals surface area contributed by atoms with Crippen molar-refractivity contribution in [2.75, 3.05) is 27.9 Å². The molecule has 0 spiro atoms. The SMILES string of the molecule is COc1cc(-c2[nH]ncc2CN(C[C@H]2CCC(=O)N2)C(C)C)cc(OC)c1OC. The first kappa shape index (κ1) is 21.0. The maximum atomic E-state index is 11.6. The summed E-state index contributed by atoms with van der Waals surface area (Å²) in [5, 5.41) is 10.4. The predicted octanol–water partition coefficient (Wildman–Crippen LogP) is 2.59. The predicted molar refractivity (Wildman–Crippen MR) is 110 cm³/mol. The number of methoxy groups -OCH3 is 3. The Labute approximate surface area is 171 Å². The number of H-pyrrole nitrogens is 1. The molecule has 0 saturated carbocycles. The van der Waals surface area contributed by atoms with Crippen LogP contribution < -0.4 is 19.5 Å². The van der Waals surface area contributed by atoms with Crippen LogP contribution in [0.4, 0.5) is 0 Å². The van der Waals surface area contributed by atoms with E-state index in [4.69, 9.17) is 14.2 Å². The van der Waals surface area contributed by atoms with E-state index in [9.17, 15) is 4.79 Å². The number of benzene rings is 1. The van der Waals surface area contributed by atoms with Crippen LogP contribution in [0, 0.1) is 0 Å². The van der Waals surface area contributed by atoms with E-state index < -0.39 is 0 Å². The highest BCUT2D eigenvalue weighted by Gasteiger charge is 2.25. The Morgan fingerprint density at radius 3 is 2.38 bits per heavy atom. The molecule has 0 bridgehead atoms. The Bertz CT molecular complexity index is 824. The van der Waals surface area contributed by atoms with Crippen LogP contribution in [-0.2, 0) is 11.3 Å². The molecule has 1 aromatic carbocycles. The van der Waals surface area contributed by atoms with Gasteiger partial charge in [0.15, 0.2) is 11.5 Å². The molecule has 0 aliphatic carbocycles. The lowest BCUT2D eigenvalue weighted by atomic mass is 10.1. The number of rotatable bonds is 9. The molecule has 2 aromatic rings. The summed E-state index contributed by atoms with van der Waals surface area (Å²) in [5.41, 5.74) is 2.88. The highest BCUT2D eigenvalue weighted by molar-refractivity contribution is 5.78. The molecule has 8 nitrogen and oxygen atoms in total. The lowest BCUT2D eigenvalue weighted by Gasteiger charge is -2.29. The summed E-state index contributed by atoms with van der Waals surface area (Å²) in [4.78, 5) is 13.9. The monoisotopic (exact) mass is 402 g/mol. The zero-order valence-corrected chi connectivity index (χ0v) is 17.7. The Balaban J connectivity index is 1.87. The molecule has 1 aliphatic rings. The van der Waals surface area contributed by atoms with E-state index in [0.717, 1.165) is 29.8 Å². The minimum Gasteiger partial charge on any atom is -0.493 e. The van der Waals surface area contributed by atoms with E-state index in [2.05, 4.69) is 34.3 Å².